The van der Waals surface area contributed by atoms with E-state index in [0.717, 1.165) is 18.4 Å². The van der Waals surface area contributed by atoms with Gasteiger partial charge in [-0.25, -0.2) is 0 Å². The maximum Gasteiger partial charge on any atom is 0.290 e. The summed E-state index contributed by atoms with van der Waals surface area (Å²) in [6, 6.07) is 12.8. The third-order valence-corrected chi connectivity index (χ3v) is 4.61. The Morgan fingerprint density at radius 2 is 1.87 bits per heavy atom. The average Bonchev–Trinajstić information content (AvgIpc) is 3.15. The largest absolute Gasteiger partial charge is 0.350 e. The molecule has 2 N–H and O–H groups in total. The van der Waals surface area contributed by atoms with Gasteiger partial charge in [0.2, 0.25) is 5.76 Å². The first kappa shape index (κ1) is 16.0. The molecule has 2 bridgehead atoms. The Morgan fingerprint density at radius 3 is 2.57 bits per heavy atom. The maximum absolute atomic E-state index is 12.3. The van der Waals surface area contributed by atoms with Crippen LogP contribution in [0.25, 0.3) is 11.3 Å². The van der Waals surface area contributed by atoms with Crippen LogP contribution in [0.2, 0.25) is 0 Å². The van der Waals surface area contributed by atoms with E-state index in [-0.39, 0.29) is 30.1 Å². The molecule has 23 heavy (non-hydrogen) atoms. The molecule has 2 saturated heterocycles. The van der Waals surface area contributed by atoms with Crippen molar-refractivity contribution in [3.63, 3.8) is 0 Å². The lowest BCUT2D eigenvalue weighted by Gasteiger charge is -2.29. The Balaban J connectivity index is 0.00000156. The Morgan fingerprint density at radius 1 is 1.17 bits per heavy atom. The second-order valence-corrected chi connectivity index (χ2v) is 6.22. The van der Waals surface area contributed by atoms with Crippen molar-refractivity contribution in [1.82, 2.24) is 15.8 Å². The number of amides is 1. The number of carbonyl (C=O) groups excluding carboxylic acids is 1. The van der Waals surface area contributed by atoms with Gasteiger partial charge in [0.15, 0.2) is 0 Å². The molecule has 122 valence electrons. The average molecular weight is 334 g/mol. The molecule has 2 aliphatic heterocycles. The third-order valence-electron chi connectivity index (χ3n) is 4.61. The van der Waals surface area contributed by atoms with Crippen LogP contribution in [-0.4, -0.2) is 29.2 Å². The summed E-state index contributed by atoms with van der Waals surface area (Å²) in [6.07, 6.45) is 4.44. The third kappa shape index (κ3) is 3.41. The zero-order valence-corrected chi connectivity index (χ0v) is 13.5. The lowest BCUT2D eigenvalue weighted by Crippen LogP contribution is -2.47. The first-order valence-corrected chi connectivity index (χ1v) is 7.87. The van der Waals surface area contributed by atoms with Crippen LogP contribution in [0.5, 0.6) is 0 Å². The molecule has 2 unspecified atom stereocenters. The molecule has 1 aromatic heterocycles. The first-order valence-electron chi connectivity index (χ1n) is 7.87. The number of benzene rings is 1. The van der Waals surface area contributed by atoms with Crippen LogP contribution in [0.3, 0.4) is 0 Å². The molecule has 5 nitrogen and oxygen atoms in total. The van der Waals surface area contributed by atoms with Crippen molar-refractivity contribution in [2.45, 2.75) is 43.8 Å². The van der Waals surface area contributed by atoms with Crippen molar-refractivity contribution in [3.8, 4) is 11.3 Å². The molecule has 6 heteroatoms. The molecular formula is C17H20ClN3O2. The van der Waals surface area contributed by atoms with Gasteiger partial charge in [-0.1, -0.05) is 35.5 Å². The lowest BCUT2D eigenvalue weighted by atomic mass is 10.00. The van der Waals surface area contributed by atoms with Crippen molar-refractivity contribution in [2.75, 3.05) is 0 Å². The number of fused-ring (bicyclic) bond motifs is 2. The fraction of sp³-hybridized carbons (Fsp3) is 0.412. The summed E-state index contributed by atoms with van der Waals surface area (Å²) in [5.74, 6) is 0.116. The fourth-order valence-electron chi connectivity index (χ4n) is 3.56. The quantitative estimate of drug-likeness (QED) is 0.906. The van der Waals surface area contributed by atoms with Crippen LogP contribution in [-0.2, 0) is 0 Å². The van der Waals surface area contributed by atoms with E-state index in [9.17, 15) is 4.79 Å². The zero-order valence-electron chi connectivity index (χ0n) is 12.7. The molecule has 2 aromatic rings. The van der Waals surface area contributed by atoms with Crippen molar-refractivity contribution < 1.29 is 9.32 Å². The second kappa shape index (κ2) is 6.72. The molecule has 4 rings (SSSR count). The number of nitrogens with one attached hydrogen (secondary N) is 2. The van der Waals surface area contributed by atoms with Gasteiger partial charge in [0.05, 0.1) is 0 Å². The highest BCUT2D eigenvalue weighted by Gasteiger charge is 2.34. The van der Waals surface area contributed by atoms with E-state index in [1.807, 2.05) is 30.3 Å². The SMILES string of the molecule is Cl.O=C(NC1CC2CCC(C1)N2)c1cc(-c2ccccc2)no1. The second-order valence-electron chi connectivity index (χ2n) is 6.22. The molecule has 0 saturated carbocycles. The fourth-order valence-corrected chi connectivity index (χ4v) is 3.56. The predicted octanol–water partition coefficient (Wildman–Crippen LogP) is 2.78. The van der Waals surface area contributed by atoms with E-state index in [2.05, 4.69) is 15.8 Å². The number of carbonyl (C=O) groups is 1. The number of nitrogens with zero attached hydrogens (tertiary/aromatic N) is 1. The van der Waals surface area contributed by atoms with Gasteiger partial charge in [0, 0.05) is 29.8 Å². The van der Waals surface area contributed by atoms with Crippen LogP contribution < -0.4 is 10.6 Å². The van der Waals surface area contributed by atoms with Crippen LogP contribution in [0.4, 0.5) is 0 Å². The van der Waals surface area contributed by atoms with Crippen molar-refractivity contribution in [2.24, 2.45) is 0 Å². The number of halogens is 1. The van der Waals surface area contributed by atoms with Gasteiger partial charge < -0.3 is 15.2 Å². The van der Waals surface area contributed by atoms with Crippen molar-refractivity contribution in [3.05, 3.63) is 42.2 Å². The smallest absolute Gasteiger partial charge is 0.290 e. The van der Waals surface area contributed by atoms with Crippen LogP contribution in [0.15, 0.2) is 40.9 Å². The number of aromatic nitrogens is 1. The molecule has 1 amide bonds. The molecule has 2 aliphatic rings. The highest BCUT2D eigenvalue weighted by Crippen LogP contribution is 2.27. The molecule has 0 radical (unpaired) electrons. The Labute approximate surface area is 141 Å². The van der Waals surface area contributed by atoms with E-state index >= 15 is 0 Å². The standard InChI is InChI=1S/C17H19N3O2.ClH/c21-17(19-14-8-12-6-7-13(9-14)18-12)16-10-15(20-22-16)11-4-2-1-3-5-11;/h1-5,10,12-14,18H,6-9H2,(H,19,21);1H. The van der Waals surface area contributed by atoms with Gasteiger partial charge >= 0.3 is 0 Å². The maximum atomic E-state index is 12.3. The minimum Gasteiger partial charge on any atom is -0.350 e. The van der Waals surface area contributed by atoms with Gasteiger partial charge in [0.25, 0.3) is 5.91 Å². The van der Waals surface area contributed by atoms with Gasteiger partial charge in [-0.3, -0.25) is 4.79 Å². The summed E-state index contributed by atoms with van der Waals surface area (Å²) in [4.78, 5) is 12.3. The minimum atomic E-state index is -0.166. The van der Waals surface area contributed by atoms with Crippen molar-refractivity contribution >= 4 is 18.3 Å². The van der Waals surface area contributed by atoms with Crippen molar-refractivity contribution in [1.29, 1.82) is 0 Å². The number of hydrogen-bond acceptors (Lipinski definition) is 4. The summed E-state index contributed by atoms with van der Waals surface area (Å²) >= 11 is 0. The highest BCUT2D eigenvalue weighted by molar-refractivity contribution is 5.92. The predicted molar refractivity (Wildman–Crippen MR) is 89.6 cm³/mol. The topological polar surface area (TPSA) is 67.2 Å². The number of hydrogen-bond donors (Lipinski definition) is 2. The summed E-state index contributed by atoms with van der Waals surface area (Å²) in [7, 11) is 0. The first-order chi connectivity index (χ1) is 10.8. The lowest BCUT2D eigenvalue weighted by molar-refractivity contribution is 0.0886. The Hall–Kier alpha value is -1.85. The molecule has 0 aliphatic carbocycles. The molecular weight excluding hydrogens is 314 g/mol. The van der Waals surface area contributed by atoms with Crippen LogP contribution in [0.1, 0.15) is 36.2 Å². The highest BCUT2D eigenvalue weighted by atomic mass is 35.5. The van der Waals surface area contributed by atoms with E-state index in [4.69, 9.17) is 4.52 Å². The Bertz CT molecular complexity index is 661. The molecule has 3 heterocycles. The zero-order chi connectivity index (χ0) is 14.9. The van der Waals surface area contributed by atoms with Gasteiger partial charge in [-0.2, -0.15) is 0 Å². The van der Waals surface area contributed by atoms with E-state index in [1.165, 1.54) is 12.8 Å². The van der Waals surface area contributed by atoms with Gasteiger partial charge in [-0.15, -0.1) is 12.4 Å². The summed E-state index contributed by atoms with van der Waals surface area (Å²) in [5, 5.41) is 10.7. The van der Waals surface area contributed by atoms with E-state index in [1.54, 1.807) is 6.07 Å². The summed E-state index contributed by atoms with van der Waals surface area (Å²) in [6.45, 7) is 0. The number of rotatable bonds is 3. The van der Waals surface area contributed by atoms with Gasteiger partial charge in [-0.05, 0) is 25.7 Å². The van der Waals surface area contributed by atoms with Gasteiger partial charge in [0.1, 0.15) is 5.69 Å². The minimum absolute atomic E-state index is 0. The van der Waals surface area contributed by atoms with E-state index < -0.39 is 0 Å². The summed E-state index contributed by atoms with van der Waals surface area (Å²) < 4.78 is 5.21. The van der Waals surface area contributed by atoms with Crippen LogP contribution in [0, 0.1) is 0 Å². The normalized spacial score (nSPS) is 25.7. The summed E-state index contributed by atoms with van der Waals surface area (Å²) in [5.41, 5.74) is 1.64. The van der Waals surface area contributed by atoms with E-state index in [0.29, 0.717) is 17.8 Å². The molecule has 0 spiro atoms. The molecule has 2 atom stereocenters. The molecule has 2 fully saturated rings. The Kier molecular flexibility index (Phi) is 4.68. The monoisotopic (exact) mass is 333 g/mol. The molecule has 1 aromatic carbocycles. The number of piperidine rings is 1. The van der Waals surface area contributed by atoms with Crippen LogP contribution >= 0.6 is 12.4 Å².